The molecule has 1 heterocycles. The average Bonchev–Trinajstić information content (AvgIpc) is 2.73. The van der Waals surface area contributed by atoms with E-state index in [1.165, 1.54) is 4.88 Å². The SMILES string of the molecule is N#Cc1ccc(NCc2ccc(Cl)s2)cc1. The van der Waals surface area contributed by atoms with Gasteiger partial charge in [-0.25, -0.2) is 0 Å². The Kier molecular flexibility index (Phi) is 3.45. The molecule has 0 radical (unpaired) electrons. The average molecular weight is 249 g/mol. The summed E-state index contributed by atoms with van der Waals surface area (Å²) in [5.74, 6) is 0. The molecule has 0 amide bonds. The van der Waals surface area contributed by atoms with E-state index in [1.54, 1.807) is 23.5 Å². The summed E-state index contributed by atoms with van der Waals surface area (Å²) in [6.45, 7) is 0.753. The van der Waals surface area contributed by atoms with Gasteiger partial charge in [-0.1, -0.05) is 11.6 Å². The molecule has 16 heavy (non-hydrogen) atoms. The van der Waals surface area contributed by atoms with E-state index >= 15 is 0 Å². The third-order valence-electron chi connectivity index (χ3n) is 2.11. The molecular weight excluding hydrogens is 240 g/mol. The highest BCUT2D eigenvalue weighted by molar-refractivity contribution is 7.16. The van der Waals surface area contributed by atoms with Crippen molar-refractivity contribution in [1.82, 2.24) is 0 Å². The molecule has 0 aliphatic heterocycles. The molecule has 1 N–H and O–H groups in total. The number of nitriles is 1. The predicted molar refractivity (Wildman–Crippen MR) is 67.8 cm³/mol. The molecule has 0 atom stereocenters. The van der Waals surface area contributed by atoms with Crippen LogP contribution in [0.2, 0.25) is 4.34 Å². The summed E-state index contributed by atoms with van der Waals surface area (Å²) >= 11 is 7.40. The molecule has 2 nitrogen and oxygen atoms in total. The molecule has 1 aromatic carbocycles. The molecular formula is C12H9ClN2S. The smallest absolute Gasteiger partial charge is 0.0991 e. The van der Waals surface area contributed by atoms with Crippen molar-refractivity contribution >= 4 is 28.6 Å². The van der Waals surface area contributed by atoms with Crippen molar-refractivity contribution in [3.63, 3.8) is 0 Å². The highest BCUT2D eigenvalue weighted by atomic mass is 35.5. The van der Waals surface area contributed by atoms with E-state index in [0.717, 1.165) is 16.6 Å². The van der Waals surface area contributed by atoms with Gasteiger partial charge in [-0.05, 0) is 36.4 Å². The monoisotopic (exact) mass is 248 g/mol. The zero-order valence-corrected chi connectivity index (χ0v) is 9.98. The third kappa shape index (κ3) is 2.75. The molecule has 1 aromatic heterocycles. The standard InChI is InChI=1S/C12H9ClN2S/c13-12-6-5-11(16-12)8-15-10-3-1-9(7-14)2-4-10/h1-6,15H,8H2. The van der Waals surface area contributed by atoms with Gasteiger partial charge in [0, 0.05) is 17.1 Å². The van der Waals surface area contributed by atoms with Crippen molar-refractivity contribution in [3.05, 3.63) is 51.2 Å². The topological polar surface area (TPSA) is 35.8 Å². The number of nitrogens with one attached hydrogen (secondary N) is 1. The second kappa shape index (κ2) is 5.02. The van der Waals surface area contributed by atoms with Crippen LogP contribution in [0.5, 0.6) is 0 Å². The molecule has 0 unspecified atom stereocenters. The lowest BCUT2D eigenvalue weighted by Crippen LogP contribution is -1.96. The Hall–Kier alpha value is -1.50. The molecule has 0 fully saturated rings. The molecule has 80 valence electrons. The highest BCUT2D eigenvalue weighted by Gasteiger charge is 1.98. The lowest BCUT2D eigenvalue weighted by atomic mass is 10.2. The van der Waals surface area contributed by atoms with Crippen LogP contribution in [-0.4, -0.2) is 0 Å². The van der Waals surface area contributed by atoms with Crippen LogP contribution < -0.4 is 5.32 Å². The Morgan fingerprint density at radius 2 is 1.94 bits per heavy atom. The van der Waals surface area contributed by atoms with Crippen molar-refractivity contribution in [2.45, 2.75) is 6.54 Å². The van der Waals surface area contributed by atoms with Gasteiger partial charge in [-0.3, -0.25) is 0 Å². The Morgan fingerprint density at radius 1 is 1.19 bits per heavy atom. The number of thiophene rings is 1. The fourth-order valence-corrected chi connectivity index (χ4v) is 2.33. The van der Waals surface area contributed by atoms with Gasteiger partial charge in [0.2, 0.25) is 0 Å². The number of rotatable bonds is 3. The summed E-state index contributed by atoms with van der Waals surface area (Å²) in [6, 6.07) is 13.4. The number of hydrogen-bond acceptors (Lipinski definition) is 3. The van der Waals surface area contributed by atoms with Gasteiger partial charge < -0.3 is 5.32 Å². The first-order valence-corrected chi connectivity index (χ1v) is 5.95. The number of halogens is 1. The Balaban J connectivity index is 1.97. The Labute approximate surface area is 103 Å². The predicted octanol–water partition coefficient (Wildman–Crippen LogP) is 3.89. The molecule has 0 spiro atoms. The normalized spacial score (nSPS) is 9.75. The maximum absolute atomic E-state index is 8.66. The van der Waals surface area contributed by atoms with Gasteiger partial charge in [-0.2, -0.15) is 5.26 Å². The largest absolute Gasteiger partial charge is 0.380 e. The van der Waals surface area contributed by atoms with E-state index in [0.29, 0.717) is 5.56 Å². The van der Waals surface area contributed by atoms with Crippen LogP contribution in [0.25, 0.3) is 0 Å². The zero-order chi connectivity index (χ0) is 11.4. The van der Waals surface area contributed by atoms with Crippen LogP contribution in [0.3, 0.4) is 0 Å². The molecule has 0 bridgehead atoms. The van der Waals surface area contributed by atoms with Crippen molar-refractivity contribution < 1.29 is 0 Å². The van der Waals surface area contributed by atoms with Crippen molar-refractivity contribution in [2.75, 3.05) is 5.32 Å². The van der Waals surface area contributed by atoms with Gasteiger partial charge in [0.1, 0.15) is 0 Å². The molecule has 0 aliphatic rings. The number of benzene rings is 1. The minimum absolute atomic E-state index is 0.671. The number of anilines is 1. The van der Waals surface area contributed by atoms with E-state index in [-0.39, 0.29) is 0 Å². The van der Waals surface area contributed by atoms with E-state index < -0.39 is 0 Å². The van der Waals surface area contributed by atoms with E-state index in [9.17, 15) is 0 Å². The summed E-state index contributed by atoms with van der Waals surface area (Å²) in [7, 11) is 0. The van der Waals surface area contributed by atoms with Gasteiger partial charge in [0.15, 0.2) is 0 Å². The molecule has 4 heteroatoms. The van der Waals surface area contributed by atoms with E-state index in [1.807, 2.05) is 24.3 Å². The van der Waals surface area contributed by atoms with Crippen molar-refractivity contribution in [3.8, 4) is 6.07 Å². The maximum Gasteiger partial charge on any atom is 0.0991 e. The summed E-state index contributed by atoms with van der Waals surface area (Å²) < 4.78 is 0.802. The van der Waals surface area contributed by atoms with Gasteiger partial charge >= 0.3 is 0 Å². The first kappa shape index (κ1) is 11.0. The van der Waals surface area contributed by atoms with Crippen molar-refractivity contribution in [2.24, 2.45) is 0 Å². The molecule has 2 aromatic rings. The van der Waals surface area contributed by atoms with Crippen LogP contribution in [0.1, 0.15) is 10.4 Å². The van der Waals surface area contributed by atoms with Crippen LogP contribution >= 0.6 is 22.9 Å². The van der Waals surface area contributed by atoms with Gasteiger partial charge in [-0.15, -0.1) is 11.3 Å². The Bertz CT molecular complexity index is 511. The van der Waals surface area contributed by atoms with Crippen LogP contribution in [0.15, 0.2) is 36.4 Å². The second-order valence-electron chi connectivity index (χ2n) is 3.25. The van der Waals surface area contributed by atoms with Crippen molar-refractivity contribution in [1.29, 1.82) is 5.26 Å². The number of nitrogens with zero attached hydrogens (tertiary/aromatic N) is 1. The maximum atomic E-state index is 8.66. The summed E-state index contributed by atoms with van der Waals surface area (Å²) in [4.78, 5) is 1.19. The zero-order valence-electron chi connectivity index (χ0n) is 8.40. The first-order chi connectivity index (χ1) is 7.78. The van der Waals surface area contributed by atoms with Crippen LogP contribution in [0, 0.1) is 11.3 Å². The molecule has 0 aliphatic carbocycles. The molecule has 0 saturated carbocycles. The second-order valence-corrected chi connectivity index (χ2v) is 5.05. The summed E-state index contributed by atoms with van der Waals surface area (Å²) in [6.07, 6.45) is 0. The fraction of sp³-hybridized carbons (Fsp3) is 0.0833. The third-order valence-corrected chi connectivity index (χ3v) is 3.34. The fourth-order valence-electron chi connectivity index (χ4n) is 1.30. The highest BCUT2D eigenvalue weighted by Crippen LogP contribution is 2.22. The summed E-state index contributed by atoms with van der Waals surface area (Å²) in [5.41, 5.74) is 1.67. The van der Waals surface area contributed by atoms with Crippen LogP contribution in [0.4, 0.5) is 5.69 Å². The molecule has 2 rings (SSSR count). The number of hydrogen-bond donors (Lipinski definition) is 1. The van der Waals surface area contributed by atoms with E-state index in [2.05, 4.69) is 11.4 Å². The Morgan fingerprint density at radius 3 is 2.50 bits per heavy atom. The first-order valence-electron chi connectivity index (χ1n) is 4.76. The quantitative estimate of drug-likeness (QED) is 0.895. The van der Waals surface area contributed by atoms with Crippen LogP contribution in [-0.2, 0) is 6.54 Å². The summed E-state index contributed by atoms with van der Waals surface area (Å²) in [5, 5.41) is 11.9. The lowest BCUT2D eigenvalue weighted by molar-refractivity contribution is 1.19. The van der Waals surface area contributed by atoms with Gasteiger partial charge in [0.25, 0.3) is 0 Å². The lowest BCUT2D eigenvalue weighted by Gasteiger charge is -2.03. The molecule has 0 saturated heterocycles. The minimum atomic E-state index is 0.671. The minimum Gasteiger partial charge on any atom is -0.380 e. The van der Waals surface area contributed by atoms with Gasteiger partial charge in [0.05, 0.1) is 16.0 Å². The van der Waals surface area contributed by atoms with E-state index in [4.69, 9.17) is 16.9 Å².